The summed E-state index contributed by atoms with van der Waals surface area (Å²) in [6.45, 7) is 0. The first-order valence-corrected chi connectivity index (χ1v) is 9.63. The maximum Gasteiger partial charge on any atom is 0.501 e. The molecule has 3 rings (SSSR count). The summed E-state index contributed by atoms with van der Waals surface area (Å²) in [5.74, 6) is -0.749. The molecule has 0 amide bonds. The summed E-state index contributed by atoms with van der Waals surface area (Å²) in [6.07, 6.45) is 0.00741. The smallest absolute Gasteiger partial charge is 0.294 e. The number of Topliss-reactive ketones (excluding diaryl/α,β-unsaturated/α-hetero) is 1. The summed E-state index contributed by atoms with van der Waals surface area (Å²) in [5.41, 5.74) is -4.97. The van der Waals surface area contributed by atoms with Crippen LogP contribution >= 0.6 is 34.5 Å². The molecule has 0 bridgehead atoms. The van der Waals surface area contributed by atoms with Gasteiger partial charge >= 0.3 is 5.51 Å². The summed E-state index contributed by atoms with van der Waals surface area (Å²) >= 11 is 12.9. The molecule has 10 heteroatoms. The molecule has 3 nitrogen and oxygen atoms in total. The molecular formula is C15H6Cl2F3O3S2. The highest BCUT2D eigenvalue weighted by molar-refractivity contribution is 7.96. The zero-order chi connectivity index (χ0) is 18.6. The second kappa shape index (κ2) is 6.12. The van der Waals surface area contributed by atoms with Crippen molar-refractivity contribution in [2.45, 2.75) is 11.9 Å². The first-order chi connectivity index (χ1) is 11.5. The zero-order valence-corrected chi connectivity index (χ0v) is 15.1. The van der Waals surface area contributed by atoms with E-state index in [1.54, 1.807) is 18.2 Å². The summed E-state index contributed by atoms with van der Waals surface area (Å²) in [6, 6.07) is 7.57. The van der Waals surface area contributed by atoms with Gasteiger partial charge in [-0.25, -0.2) is 8.42 Å². The molecule has 1 aromatic carbocycles. The average Bonchev–Trinajstić information content (AvgIpc) is 2.93. The molecule has 1 heterocycles. The largest absolute Gasteiger partial charge is 0.501 e. The first-order valence-electron chi connectivity index (χ1n) is 6.58. The van der Waals surface area contributed by atoms with E-state index in [0.717, 1.165) is 17.4 Å². The van der Waals surface area contributed by atoms with Crippen LogP contribution in [0.5, 0.6) is 0 Å². The molecule has 1 aliphatic carbocycles. The molecule has 0 N–H and O–H groups in total. The Hall–Kier alpha value is -1.35. The molecule has 1 radical (unpaired) electrons. The van der Waals surface area contributed by atoms with Crippen LogP contribution in [-0.4, -0.2) is 19.7 Å². The minimum Gasteiger partial charge on any atom is -0.294 e. The molecule has 0 atom stereocenters. The maximum atomic E-state index is 12.7. The lowest BCUT2D eigenvalue weighted by atomic mass is 10.0. The van der Waals surface area contributed by atoms with E-state index in [2.05, 4.69) is 6.07 Å². The van der Waals surface area contributed by atoms with E-state index in [1.807, 2.05) is 0 Å². The van der Waals surface area contributed by atoms with Gasteiger partial charge in [-0.2, -0.15) is 13.2 Å². The number of hydrogen-bond acceptors (Lipinski definition) is 4. The molecule has 0 saturated carbocycles. The van der Waals surface area contributed by atoms with Crippen LogP contribution < -0.4 is 0 Å². The molecular weight excluding hydrogens is 420 g/mol. The Labute approximate surface area is 154 Å². The number of sulfone groups is 1. The highest BCUT2D eigenvalue weighted by Crippen LogP contribution is 2.43. The average molecular weight is 426 g/mol. The fourth-order valence-corrected chi connectivity index (χ4v) is 4.78. The molecule has 2 aromatic rings. The van der Waals surface area contributed by atoms with Crippen LogP contribution in [-0.2, 0) is 9.84 Å². The number of ketones is 1. The van der Waals surface area contributed by atoms with E-state index in [-0.39, 0.29) is 20.5 Å². The van der Waals surface area contributed by atoms with E-state index in [0.29, 0.717) is 10.4 Å². The normalized spacial score (nSPS) is 15.1. The van der Waals surface area contributed by atoms with Crippen molar-refractivity contribution in [1.82, 2.24) is 0 Å². The number of hydrogen-bond donors (Lipinski definition) is 0. The highest BCUT2D eigenvalue weighted by atomic mass is 35.5. The molecule has 1 aliphatic rings. The van der Waals surface area contributed by atoms with Gasteiger partial charge in [0.1, 0.15) is 0 Å². The van der Waals surface area contributed by atoms with Crippen LogP contribution in [0.3, 0.4) is 0 Å². The van der Waals surface area contributed by atoms with Crippen LogP contribution in [0.2, 0.25) is 10.0 Å². The third-order valence-corrected chi connectivity index (χ3v) is 6.90. The number of benzene rings is 1. The summed E-state index contributed by atoms with van der Waals surface area (Å²) < 4.78 is 61.2. The van der Waals surface area contributed by atoms with E-state index in [9.17, 15) is 26.4 Å². The van der Waals surface area contributed by atoms with E-state index in [4.69, 9.17) is 23.2 Å². The predicted octanol–water partition coefficient (Wildman–Crippen LogP) is 5.38. The molecule has 0 unspecified atom stereocenters. The number of alkyl halides is 3. The second-order valence-corrected chi connectivity index (χ2v) is 8.89. The standard InChI is InChI=1S/C15H6Cl2F3O3S2/c16-10-3-1-2-8(14(10)17)13-6-9-11(21)4-7(5-12(9)24-13)25(22,23)15(18,19)20/h1-3,5H,4H2. The summed E-state index contributed by atoms with van der Waals surface area (Å²) in [5, 5.41) is 0.472. The molecule has 0 spiro atoms. The third kappa shape index (κ3) is 3.12. The van der Waals surface area contributed by atoms with E-state index in [1.165, 1.54) is 0 Å². The van der Waals surface area contributed by atoms with Crippen molar-refractivity contribution in [1.29, 1.82) is 0 Å². The van der Waals surface area contributed by atoms with Crippen molar-refractivity contribution < 1.29 is 26.4 Å². The number of thiophene rings is 1. The van der Waals surface area contributed by atoms with Crippen LogP contribution in [0.25, 0.3) is 16.5 Å². The Morgan fingerprint density at radius 1 is 1.20 bits per heavy atom. The van der Waals surface area contributed by atoms with Crippen molar-refractivity contribution in [3.8, 4) is 10.4 Å². The summed E-state index contributed by atoms with van der Waals surface area (Å²) in [4.78, 5) is 11.6. The quantitative estimate of drug-likeness (QED) is 0.648. The van der Waals surface area contributed by atoms with Crippen LogP contribution in [0.15, 0.2) is 23.1 Å². The van der Waals surface area contributed by atoms with Crippen molar-refractivity contribution in [3.05, 3.63) is 49.7 Å². The summed E-state index contributed by atoms with van der Waals surface area (Å²) in [7, 11) is -5.56. The van der Waals surface area contributed by atoms with Gasteiger partial charge in [-0.15, -0.1) is 11.3 Å². The van der Waals surface area contributed by atoms with Gasteiger partial charge in [0.25, 0.3) is 9.84 Å². The number of carbonyl (C=O) groups excluding carboxylic acids is 1. The van der Waals surface area contributed by atoms with E-state index >= 15 is 0 Å². The Balaban J connectivity index is 2.14. The Morgan fingerprint density at radius 3 is 2.52 bits per heavy atom. The van der Waals surface area contributed by atoms with E-state index < -0.39 is 32.5 Å². The van der Waals surface area contributed by atoms with Gasteiger partial charge in [0.2, 0.25) is 0 Å². The molecule has 25 heavy (non-hydrogen) atoms. The van der Waals surface area contributed by atoms with Gasteiger partial charge in [0.05, 0.1) is 15.0 Å². The van der Waals surface area contributed by atoms with Gasteiger partial charge in [-0.05, 0) is 12.1 Å². The molecule has 1 aromatic heterocycles. The molecule has 0 saturated heterocycles. The fourth-order valence-electron chi connectivity index (χ4n) is 2.24. The van der Waals surface area contributed by atoms with Crippen LogP contribution in [0, 0.1) is 6.07 Å². The third-order valence-electron chi connectivity index (χ3n) is 3.45. The maximum absolute atomic E-state index is 12.7. The number of carbonyl (C=O) groups is 1. The second-order valence-electron chi connectivity index (χ2n) is 5.06. The van der Waals surface area contributed by atoms with Gasteiger partial charge in [-0.3, -0.25) is 4.79 Å². The number of rotatable bonds is 2. The molecule has 0 fully saturated rings. The lowest BCUT2D eigenvalue weighted by Crippen LogP contribution is -2.27. The van der Waals surface area contributed by atoms with Crippen molar-refractivity contribution in [3.63, 3.8) is 0 Å². The highest BCUT2D eigenvalue weighted by Gasteiger charge is 2.49. The van der Waals surface area contributed by atoms with Gasteiger partial charge < -0.3 is 0 Å². The van der Waals surface area contributed by atoms with Gasteiger partial charge in [0.15, 0.2) is 5.78 Å². The fraction of sp³-hybridized carbons (Fsp3) is 0.133. The molecule has 131 valence electrons. The number of allylic oxidation sites excluding steroid dienone is 1. The minimum absolute atomic E-state index is 0.0390. The van der Waals surface area contributed by atoms with Gasteiger partial charge in [0, 0.05) is 33.4 Å². The van der Waals surface area contributed by atoms with Crippen LogP contribution in [0.1, 0.15) is 21.7 Å². The zero-order valence-electron chi connectivity index (χ0n) is 11.9. The van der Waals surface area contributed by atoms with Crippen molar-refractivity contribution in [2.24, 2.45) is 0 Å². The minimum atomic E-state index is -5.56. The number of fused-ring (bicyclic) bond motifs is 1. The first kappa shape index (κ1) is 18.4. The Bertz CT molecular complexity index is 1020. The number of halogens is 5. The predicted molar refractivity (Wildman–Crippen MR) is 90.5 cm³/mol. The monoisotopic (exact) mass is 425 g/mol. The van der Waals surface area contributed by atoms with Crippen LogP contribution in [0.4, 0.5) is 13.2 Å². The molecule has 0 aliphatic heterocycles. The van der Waals surface area contributed by atoms with Crippen molar-refractivity contribution >= 4 is 56.2 Å². The SMILES string of the molecule is O=C1CC(S(=O)(=O)C(F)(F)F)=Cc2sc(-c3cccc(Cl)c3Cl)[c]c21. The van der Waals surface area contributed by atoms with Gasteiger partial charge in [-0.1, -0.05) is 35.3 Å². The van der Waals surface area contributed by atoms with Crippen molar-refractivity contribution in [2.75, 3.05) is 0 Å². The lowest BCUT2D eigenvalue weighted by Gasteiger charge is -2.14. The Morgan fingerprint density at radius 2 is 1.88 bits per heavy atom. The topological polar surface area (TPSA) is 51.2 Å². The Kier molecular flexibility index (Phi) is 4.51. The lowest BCUT2D eigenvalue weighted by molar-refractivity contribution is -0.0426.